The van der Waals surface area contributed by atoms with E-state index in [-0.39, 0.29) is 6.10 Å². The van der Waals surface area contributed by atoms with Gasteiger partial charge in [-0.1, -0.05) is 0 Å². The molecule has 0 aromatic carbocycles. The van der Waals surface area contributed by atoms with Gasteiger partial charge in [0.2, 0.25) is 0 Å². The summed E-state index contributed by atoms with van der Waals surface area (Å²) in [4.78, 5) is 0. The number of nitrogens with zero attached hydrogens (tertiary/aromatic N) is 1. The van der Waals surface area contributed by atoms with Crippen molar-refractivity contribution in [1.29, 1.82) is 0 Å². The third kappa shape index (κ3) is 2.30. The normalized spacial score (nSPS) is 21.4. The van der Waals surface area contributed by atoms with Crippen molar-refractivity contribution in [2.75, 3.05) is 19.3 Å². The minimum absolute atomic E-state index is 0.181. The van der Waals surface area contributed by atoms with Crippen LogP contribution in [-0.2, 0) is 14.3 Å². The molecule has 9 heavy (non-hydrogen) atoms. The third-order valence-electron chi connectivity index (χ3n) is 0.976. The molecule has 53 valence electrons. The Kier molecular flexibility index (Phi) is 1.74. The Morgan fingerprint density at radius 3 is 2.22 bits per heavy atom. The lowest BCUT2D eigenvalue weighted by Crippen LogP contribution is -2.44. The van der Waals surface area contributed by atoms with Crippen LogP contribution in [0.25, 0.3) is 0 Å². The van der Waals surface area contributed by atoms with E-state index in [1.807, 2.05) is 0 Å². The van der Waals surface area contributed by atoms with Gasteiger partial charge in [-0.05, 0) is 0 Å². The lowest BCUT2D eigenvalue weighted by atomic mass is 10.2. The summed E-state index contributed by atoms with van der Waals surface area (Å²) in [5, 5.41) is 3.79. The topological polar surface area (TPSA) is 57.5 Å². The Labute approximate surface area is 54.3 Å². The van der Waals surface area contributed by atoms with Crippen LogP contribution in [0.1, 0.15) is 0 Å². The van der Waals surface area contributed by atoms with E-state index in [1.54, 1.807) is 0 Å². The first-order valence-corrected chi connectivity index (χ1v) is 4.41. The fraction of sp³-hybridized carbons (Fsp3) is 1.00. The molecule has 0 aromatic rings. The van der Waals surface area contributed by atoms with Gasteiger partial charge in [0.15, 0.2) is 0 Å². The first kappa shape index (κ1) is 6.98. The van der Waals surface area contributed by atoms with Crippen LogP contribution < -0.4 is 5.32 Å². The molecular formula is C4H8NO3S. The summed E-state index contributed by atoms with van der Waals surface area (Å²) < 4.78 is 25.3. The SMILES string of the molecule is CS(=O)(=O)OC1C[N]C1. The minimum atomic E-state index is -3.24. The highest BCUT2D eigenvalue weighted by atomic mass is 32.2. The van der Waals surface area contributed by atoms with Gasteiger partial charge in [-0.25, -0.2) is 5.32 Å². The predicted octanol–water partition coefficient (Wildman–Crippen LogP) is -1.05. The van der Waals surface area contributed by atoms with Crippen molar-refractivity contribution in [2.24, 2.45) is 0 Å². The average molecular weight is 150 g/mol. The number of hydrogen-bond acceptors (Lipinski definition) is 3. The molecule has 1 aliphatic rings. The van der Waals surface area contributed by atoms with Crippen LogP contribution in [0.4, 0.5) is 0 Å². The van der Waals surface area contributed by atoms with Crippen LogP contribution in [0, 0.1) is 0 Å². The standard InChI is InChI=1S/C4H8NO3S/c1-9(6,7)8-4-2-5-3-4/h4H,2-3H2,1H3. The molecule has 0 spiro atoms. The fourth-order valence-electron chi connectivity index (χ4n) is 0.543. The summed E-state index contributed by atoms with van der Waals surface area (Å²) in [5.74, 6) is 0. The molecule has 0 amide bonds. The predicted molar refractivity (Wildman–Crippen MR) is 31.6 cm³/mol. The minimum Gasteiger partial charge on any atom is -0.264 e. The first-order chi connectivity index (χ1) is 4.08. The molecule has 0 aromatic heterocycles. The molecular weight excluding hydrogens is 142 g/mol. The summed E-state index contributed by atoms with van der Waals surface area (Å²) in [6.45, 7) is 1.04. The molecule has 0 atom stereocenters. The van der Waals surface area contributed by atoms with E-state index in [9.17, 15) is 8.42 Å². The van der Waals surface area contributed by atoms with E-state index in [0.717, 1.165) is 6.26 Å². The Balaban J connectivity index is 2.33. The highest BCUT2D eigenvalue weighted by Crippen LogP contribution is 2.02. The quantitative estimate of drug-likeness (QED) is 0.472. The number of hydrogen-bond donors (Lipinski definition) is 0. The molecule has 1 saturated heterocycles. The van der Waals surface area contributed by atoms with E-state index < -0.39 is 10.1 Å². The van der Waals surface area contributed by atoms with Gasteiger partial charge in [0.25, 0.3) is 10.1 Å². The molecule has 5 heteroatoms. The van der Waals surface area contributed by atoms with E-state index in [0.29, 0.717) is 13.1 Å². The second-order valence-corrected chi connectivity index (χ2v) is 3.61. The maximum atomic E-state index is 10.4. The summed E-state index contributed by atoms with van der Waals surface area (Å²) in [6.07, 6.45) is 0.866. The monoisotopic (exact) mass is 150 g/mol. The maximum Gasteiger partial charge on any atom is 0.264 e. The second-order valence-electron chi connectivity index (χ2n) is 2.01. The Morgan fingerprint density at radius 2 is 2.11 bits per heavy atom. The first-order valence-electron chi connectivity index (χ1n) is 2.59. The van der Waals surface area contributed by atoms with Crippen LogP contribution >= 0.6 is 0 Å². The van der Waals surface area contributed by atoms with Gasteiger partial charge in [0, 0.05) is 13.1 Å². The smallest absolute Gasteiger partial charge is 0.264 e. The molecule has 0 aliphatic carbocycles. The van der Waals surface area contributed by atoms with Gasteiger partial charge in [-0.2, -0.15) is 8.42 Å². The van der Waals surface area contributed by atoms with Gasteiger partial charge in [-0.15, -0.1) is 0 Å². The summed E-state index contributed by atoms with van der Waals surface area (Å²) in [6, 6.07) is 0. The van der Waals surface area contributed by atoms with E-state index >= 15 is 0 Å². The van der Waals surface area contributed by atoms with Crippen LogP contribution in [0.2, 0.25) is 0 Å². The van der Waals surface area contributed by atoms with E-state index in [1.165, 1.54) is 0 Å². The van der Waals surface area contributed by atoms with Crippen LogP contribution in [0.5, 0.6) is 0 Å². The lowest BCUT2D eigenvalue weighted by molar-refractivity contribution is 0.147. The molecule has 0 bridgehead atoms. The fourth-order valence-corrected chi connectivity index (χ4v) is 1.16. The molecule has 0 saturated carbocycles. The highest BCUT2D eigenvalue weighted by molar-refractivity contribution is 7.86. The van der Waals surface area contributed by atoms with Gasteiger partial charge in [0.05, 0.1) is 6.26 Å². The molecule has 1 fully saturated rings. The average Bonchev–Trinajstić information content (AvgIpc) is 1.53. The van der Waals surface area contributed by atoms with E-state index in [4.69, 9.17) is 0 Å². The highest BCUT2D eigenvalue weighted by Gasteiger charge is 2.22. The van der Waals surface area contributed by atoms with Gasteiger partial charge in [0.1, 0.15) is 6.10 Å². The second kappa shape index (κ2) is 2.24. The van der Waals surface area contributed by atoms with Crippen molar-refractivity contribution in [3.8, 4) is 0 Å². The van der Waals surface area contributed by atoms with Crippen molar-refractivity contribution in [3.05, 3.63) is 0 Å². The van der Waals surface area contributed by atoms with Crippen LogP contribution in [0.15, 0.2) is 0 Å². The zero-order valence-electron chi connectivity index (χ0n) is 5.07. The van der Waals surface area contributed by atoms with Gasteiger partial charge >= 0.3 is 0 Å². The summed E-state index contributed by atoms with van der Waals surface area (Å²) in [7, 11) is -3.24. The lowest BCUT2D eigenvalue weighted by Gasteiger charge is -2.23. The number of rotatable bonds is 2. The summed E-state index contributed by atoms with van der Waals surface area (Å²) in [5.41, 5.74) is 0. The van der Waals surface area contributed by atoms with Crippen LogP contribution in [-0.4, -0.2) is 33.9 Å². The summed E-state index contributed by atoms with van der Waals surface area (Å²) >= 11 is 0. The zero-order chi connectivity index (χ0) is 6.91. The Hall–Kier alpha value is -0.130. The maximum absolute atomic E-state index is 10.4. The molecule has 4 nitrogen and oxygen atoms in total. The van der Waals surface area contributed by atoms with Crippen molar-refractivity contribution in [2.45, 2.75) is 6.10 Å². The largest absolute Gasteiger partial charge is 0.264 e. The van der Waals surface area contributed by atoms with Gasteiger partial charge in [-0.3, -0.25) is 4.18 Å². The van der Waals surface area contributed by atoms with E-state index in [2.05, 4.69) is 9.50 Å². The molecule has 0 unspecified atom stereocenters. The Bertz CT molecular complexity index is 182. The molecule has 1 aliphatic heterocycles. The molecule has 1 radical (unpaired) electrons. The van der Waals surface area contributed by atoms with Crippen molar-refractivity contribution in [3.63, 3.8) is 0 Å². The zero-order valence-corrected chi connectivity index (χ0v) is 5.89. The molecule has 1 heterocycles. The van der Waals surface area contributed by atoms with Gasteiger partial charge < -0.3 is 0 Å². The van der Waals surface area contributed by atoms with Crippen molar-refractivity contribution >= 4 is 10.1 Å². The Morgan fingerprint density at radius 1 is 1.56 bits per heavy atom. The third-order valence-corrected chi connectivity index (χ3v) is 1.60. The molecule has 1 rings (SSSR count). The van der Waals surface area contributed by atoms with Crippen molar-refractivity contribution in [1.82, 2.24) is 5.32 Å². The van der Waals surface area contributed by atoms with Crippen molar-refractivity contribution < 1.29 is 12.6 Å². The van der Waals surface area contributed by atoms with Crippen LogP contribution in [0.3, 0.4) is 0 Å². The molecule has 0 N–H and O–H groups in total.